The van der Waals surface area contributed by atoms with Crippen molar-refractivity contribution in [2.24, 2.45) is 0 Å². The van der Waals surface area contributed by atoms with Gasteiger partial charge in [0, 0.05) is 11.6 Å². The van der Waals surface area contributed by atoms with E-state index in [-0.39, 0.29) is 52.8 Å². The van der Waals surface area contributed by atoms with Crippen LogP contribution in [0.5, 0.6) is 0 Å². The predicted molar refractivity (Wildman–Crippen MR) is 57.0 cm³/mol. The van der Waals surface area contributed by atoms with Crippen LogP contribution in [-0.2, 0) is 10.4 Å². The first-order valence-corrected chi connectivity index (χ1v) is 5.36. The summed E-state index contributed by atoms with van der Waals surface area (Å²) in [5, 5.41) is 1.20. The Kier molecular flexibility index (Phi) is 7.52. The van der Waals surface area contributed by atoms with E-state index in [4.69, 9.17) is 17.5 Å². The van der Waals surface area contributed by atoms with Crippen LogP contribution in [0, 0.1) is 0 Å². The number of hydrogen-bond acceptors (Lipinski definition) is 3. The summed E-state index contributed by atoms with van der Waals surface area (Å²) in [7, 11) is -4.67. The number of nitrogens with zero attached hydrogens (tertiary/aromatic N) is 1. The first kappa shape index (κ1) is 16.1. The van der Waals surface area contributed by atoms with E-state index in [0.717, 1.165) is 5.52 Å². The largest absolute Gasteiger partial charge is 1.00 e. The molecule has 2 rings (SSSR count). The Balaban J connectivity index is 0. The van der Waals surface area contributed by atoms with Crippen molar-refractivity contribution < 1.29 is 70.3 Å². The smallest absolute Gasteiger partial charge is 1.00 e. The maximum absolute atomic E-state index is 8.74. The van der Waals surface area contributed by atoms with Gasteiger partial charge in [0.25, 0.3) is 0 Å². The molecule has 0 aliphatic heterocycles. The number of aromatic nitrogens is 1. The van der Waals surface area contributed by atoms with Crippen LogP contribution in [0.15, 0.2) is 42.6 Å². The summed E-state index contributed by atoms with van der Waals surface area (Å²) in [5.41, 5.74) is 1.06. The summed E-state index contributed by atoms with van der Waals surface area (Å²) < 4.78 is 31.6. The molecule has 0 aliphatic rings. The molecule has 0 bridgehead atoms. The Morgan fingerprint density at radius 1 is 1.06 bits per heavy atom. The normalized spacial score (nSPS) is 9.88. The summed E-state index contributed by atoms with van der Waals surface area (Å²) in [6.45, 7) is 0. The molecule has 1 aromatic carbocycles. The van der Waals surface area contributed by atoms with E-state index in [1.807, 2.05) is 30.5 Å². The van der Waals surface area contributed by atoms with Gasteiger partial charge in [-0.2, -0.15) is 8.42 Å². The van der Waals surface area contributed by atoms with Gasteiger partial charge in [-0.05, 0) is 12.1 Å². The van der Waals surface area contributed by atoms with Crippen molar-refractivity contribution in [3.63, 3.8) is 0 Å². The van der Waals surface area contributed by atoms with Gasteiger partial charge in [0.15, 0.2) is 0 Å². The summed E-state index contributed by atoms with van der Waals surface area (Å²) in [4.78, 5) is 4.18. The average Bonchev–Trinajstić information content (AvgIpc) is 2.16. The van der Waals surface area contributed by atoms with E-state index in [2.05, 4.69) is 17.1 Å². The summed E-state index contributed by atoms with van der Waals surface area (Å²) >= 11 is 0. The van der Waals surface area contributed by atoms with Gasteiger partial charge in [-0.15, -0.1) is 0 Å². The Morgan fingerprint density at radius 2 is 1.56 bits per heavy atom. The second kappa shape index (κ2) is 7.46. The van der Waals surface area contributed by atoms with Gasteiger partial charge in [0.2, 0.25) is 0 Å². The van der Waals surface area contributed by atoms with E-state index in [0.29, 0.717) is 0 Å². The Hall–Kier alpha value is 0.136. The molecule has 0 fully saturated rings. The van der Waals surface area contributed by atoms with Crippen LogP contribution >= 0.6 is 0 Å². The summed E-state index contributed by atoms with van der Waals surface area (Å²) in [5.74, 6) is 0. The fourth-order valence-corrected chi connectivity index (χ4v) is 1.02. The first-order valence-electron chi connectivity index (χ1n) is 3.96. The predicted octanol–water partition coefficient (Wildman–Crippen LogP) is -1.30. The second-order valence-electron chi connectivity index (χ2n) is 2.64. The molecule has 0 amide bonds. The van der Waals surface area contributed by atoms with Crippen molar-refractivity contribution in [2.75, 3.05) is 0 Å². The fourth-order valence-electron chi connectivity index (χ4n) is 1.02. The Labute approximate surface area is 137 Å². The standard InChI is InChI=1S/C9H7N.K.H2O4S.H/c1-2-6-9-8(4-1)5-3-7-10-9;;1-5(2,3)4;/h1-7H;;(H2,1,2,3,4);/q;+1;;-1. The summed E-state index contributed by atoms with van der Waals surface area (Å²) in [6, 6.07) is 12.1. The van der Waals surface area contributed by atoms with Crippen molar-refractivity contribution in [1.29, 1.82) is 0 Å². The molecule has 0 atom stereocenters. The van der Waals surface area contributed by atoms with Crippen molar-refractivity contribution in [2.45, 2.75) is 0 Å². The maximum Gasteiger partial charge on any atom is 1.00 e. The minimum atomic E-state index is -4.67. The van der Waals surface area contributed by atoms with E-state index < -0.39 is 10.4 Å². The zero-order valence-corrected chi connectivity index (χ0v) is 12.5. The van der Waals surface area contributed by atoms with Crippen LogP contribution in [0.4, 0.5) is 0 Å². The van der Waals surface area contributed by atoms with Gasteiger partial charge < -0.3 is 1.43 Å². The molecule has 16 heavy (non-hydrogen) atoms. The molecule has 1 aromatic heterocycles. The van der Waals surface area contributed by atoms with Gasteiger partial charge in [0.05, 0.1) is 5.52 Å². The number of fused-ring (bicyclic) bond motifs is 1. The molecule has 2 aromatic rings. The molecular formula is C9H10KNO4S. The second-order valence-corrected chi connectivity index (χ2v) is 3.54. The van der Waals surface area contributed by atoms with Crippen molar-refractivity contribution in [3.8, 4) is 0 Å². The monoisotopic (exact) mass is 267 g/mol. The van der Waals surface area contributed by atoms with Gasteiger partial charge in [-0.3, -0.25) is 14.1 Å². The van der Waals surface area contributed by atoms with Crippen LogP contribution in [0.3, 0.4) is 0 Å². The Morgan fingerprint density at radius 3 is 2.12 bits per heavy atom. The van der Waals surface area contributed by atoms with E-state index in [1.54, 1.807) is 0 Å². The molecule has 1 heterocycles. The number of rotatable bonds is 0. The van der Waals surface area contributed by atoms with E-state index in [9.17, 15) is 0 Å². The van der Waals surface area contributed by atoms with Gasteiger partial charge in [-0.25, -0.2) is 0 Å². The number of para-hydroxylation sites is 1. The molecule has 0 saturated carbocycles. The van der Waals surface area contributed by atoms with Crippen LogP contribution < -0.4 is 51.4 Å². The minimum Gasteiger partial charge on any atom is -1.00 e. The van der Waals surface area contributed by atoms with Crippen LogP contribution in [0.1, 0.15) is 1.43 Å². The Bertz CT molecular complexity index is 476. The van der Waals surface area contributed by atoms with Gasteiger partial charge in [-0.1, -0.05) is 24.3 Å². The van der Waals surface area contributed by atoms with Gasteiger partial charge >= 0.3 is 61.8 Å². The third-order valence-electron chi connectivity index (χ3n) is 1.51. The average molecular weight is 267 g/mol. The number of benzene rings is 1. The van der Waals surface area contributed by atoms with E-state index >= 15 is 0 Å². The molecule has 0 unspecified atom stereocenters. The van der Waals surface area contributed by atoms with Crippen LogP contribution in [0.25, 0.3) is 10.9 Å². The van der Waals surface area contributed by atoms with Crippen molar-refractivity contribution >= 4 is 21.3 Å². The zero-order valence-electron chi connectivity index (χ0n) is 9.61. The van der Waals surface area contributed by atoms with E-state index in [1.165, 1.54) is 5.39 Å². The molecular weight excluding hydrogens is 257 g/mol. The maximum atomic E-state index is 8.74. The molecule has 2 N–H and O–H groups in total. The molecule has 0 spiro atoms. The zero-order chi connectivity index (χ0) is 11.3. The van der Waals surface area contributed by atoms with Crippen LogP contribution in [-0.4, -0.2) is 22.5 Å². The van der Waals surface area contributed by atoms with Crippen molar-refractivity contribution in [3.05, 3.63) is 42.6 Å². The van der Waals surface area contributed by atoms with Gasteiger partial charge in [0.1, 0.15) is 0 Å². The molecule has 7 heteroatoms. The molecule has 82 valence electrons. The number of pyridine rings is 1. The van der Waals surface area contributed by atoms with Crippen LogP contribution in [0.2, 0.25) is 0 Å². The molecule has 5 nitrogen and oxygen atoms in total. The molecule has 0 saturated heterocycles. The topological polar surface area (TPSA) is 87.5 Å². The quantitative estimate of drug-likeness (QED) is 0.457. The van der Waals surface area contributed by atoms with Crippen molar-refractivity contribution in [1.82, 2.24) is 4.98 Å². The third-order valence-corrected chi connectivity index (χ3v) is 1.51. The molecule has 0 radical (unpaired) electrons. The fraction of sp³-hybridized carbons (Fsp3) is 0. The number of hydrogen-bond donors (Lipinski definition) is 2. The third kappa shape index (κ3) is 7.42. The summed E-state index contributed by atoms with van der Waals surface area (Å²) in [6.07, 6.45) is 1.81. The molecule has 0 aliphatic carbocycles. The first-order chi connectivity index (χ1) is 6.97. The minimum absolute atomic E-state index is 0. The SMILES string of the molecule is O=S(=O)(O)O.[H-].[K+].c1ccc2ncccc2c1.